The van der Waals surface area contributed by atoms with Crippen molar-refractivity contribution >= 4 is 82.9 Å². The summed E-state index contributed by atoms with van der Waals surface area (Å²) in [5, 5.41) is 60.2. The molecule has 0 aliphatic heterocycles. The molecule has 0 fully saturated rings. The first-order valence-electron chi connectivity index (χ1n) is 27.2. The zero-order valence-corrected chi connectivity index (χ0v) is 48.2. The molecule has 0 bridgehead atoms. The van der Waals surface area contributed by atoms with Crippen molar-refractivity contribution in [1.82, 2.24) is 47.9 Å². The maximum atomic E-state index is 14.2. The molecule has 0 aromatic heterocycles. The summed E-state index contributed by atoms with van der Waals surface area (Å²) in [7, 11) is 0. The van der Waals surface area contributed by atoms with Crippen molar-refractivity contribution in [3.8, 4) is 5.75 Å². The van der Waals surface area contributed by atoms with Gasteiger partial charge in [-0.05, 0) is 61.1 Å². The van der Waals surface area contributed by atoms with Crippen LogP contribution in [0.5, 0.6) is 5.75 Å². The van der Waals surface area contributed by atoms with Gasteiger partial charge in [-0.3, -0.25) is 62.5 Å². The van der Waals surface area contributed by atoms with Gasteiger partial charge in [0.15, 0.2) is 5.96 Å². The number of benzene rings is 1. The van der Waals surface area contributed by atoms with Crippen molar-refractivity contribution in [3.63, 3.8) is 0 Å². The Balaban J connectivity index is 3.43. The van der Waals surface area contributed by atoms with E-state index in [1.54, 1.807) is 41.5 Å². The average Bonchev–Trinajstić information content (AvgIpc) is 3.63. The second-order valence-electron chi connectivity index (χ2n) is 20.7. The number of hydrogen-bond acceptors (Lipinski definition) is 17. The number of aliphatic hydroxyl groups is 1. The number of aromatic hydroxyl groups is 1. The van der Waals surface area contributed by atoms with E-state index in [4.69, 9.17) is 33.8 Å². The molecule has 0 aliphatic rings. The lowest BCUT2D eigenvalue weighted by Crippen LogP contribution is -2.62. The maximum absolute atomic E-state index is 14.2. The average molecular weight is 1190 g/mol. The number of nitrogens with one attached hydrogen (secondary N) is 9. The summed E-state index contributed by atoms with van der Waals surface area (Å²) < 4.78 is 0. The van der Waals surface area contributed by atoms with Crippen LogP contribution in [0.3, 0.4) is 0 Å². The fourth-order valence-electron chi connectivity index (χ4n) is 8.05. The number of guanidine groups is 1. The minimum Gasteiger partial charge on any atom is -0.508 e. The number of aliphatic hydroxyl groups excluding tert-OH is 1. The summed E-state index contributed by atoms with van der Waals surface area (Å²) in [6.45, 7) is 9.67. The number of rotatable bonds is 39. The maximum Gasteiger partial charge on any atom is 0.326 e. The molecular formula is C52H85N15O17. The molecule has 84 heavy (non-hydrogen) atoms. The number of primary amides is 2. The number of phenolic OH excluding ortho intramolecular Hbond substituents is 1. The number of aliphatic carboxylic acids is 2. The van der Waals surface area contributed by atoms with Gasteiger partial charge < -0.3 is 96.9 Å². The summed E-state index contributed by atoms with van der Waals surface area (Å²) in [5.74, 6) is -16.8. The van der Waals surface area contributed by atoms with Gasteiger partial charge >= 0.3 is 11.9 Å². The SMILES string of the molecule is CC[C@H](C)[C@H](NC(=O)CNC(=O)[C@@H](NC(=O)[C@@H](N)CC(=O)O)[C@H](C)c1ccc(O)cc1)C(=O)N[C@@H](CC(C)C)C(=O)N[C@@H](CCC(N)=O)C(=O)N[C@H](C(=O)N[C@@H](CC(N)=O)C(=O)N[C@@H](CO)C(=O)N[C@@H](CCCN=C(N)N)C(=O)O)[C@@H](C)CC. The van der Waals surface area contributed by atoms with E-state index < -0.39 is 188 Å². The van der Waals surface area contributed by atoms with Crippen molar-refractivity contribution in [2.75, 3.05) is 19.7 Å². The molecule has 1 aromatic rings. The van der Waals surface area contributed by atoms with E-state index in [0.29, 0.717) is 12.0 Å². The molecule has 0 saturated carbocycles. The fraction of sp³-hybridized carbons (Fsp3) is 0.615. The molecule has 0 aliphatic carbocycles. The van der Waals surface area contributed by atoms with E-state index >= 15 is 0 Å². The Kier molecular flexibility index (Phi) is 32.1. The number of phenols is 1. The van der Waals surface area contributed by atoms with E-state index in [9.17, 15) is 77.6 Å². The van der Waals surface area contributed by atoms with Gasteiger partial charge in [-0.15, -0.1) is 0 Å². The van der Waals surface area contributed by atoms with Crippen LogP contribution in [0.25, 0.3) is 0 Å². The number of carboxylic acids is 2. The van der Waals surface area contributed by atoms with Crippen molar-refractivity contribution in [3.05, 3.63) is 29.8 Å². The van der Waals surface area contributed by atoms with E-state index in [0.717, 1.165) is 0 Å². The molecule has 1 rings (SSSR count). The molecular weight excluding hydrogens is 1110 g/mol. The van der Waals surface area contributed by atoms with E-state index in [-0.39, 0.29) is 49.9 Å². The number of carbonyl (C=O) groups excluding carboxylic acids is 11. The largest absolute Gasteiger partial charge is 0.508 e. The van der Waals surface area contributed by atoms with Crippen molar-refractivity contribution < 1.29 is 82.8 Å². The first kappa shape index (κ1) is 73.3. The normalized spacial score (nSPS) is 15.3. The second kappa shape index (κ2) is 36.7. The highest BCUT2D eigenvalue weighted by atomic mass is 16.4. The van der Waals surface area contributed by atoms with Gasteiger partial charge in [-0.1, -0.05) is 73.4 Å². The fourth-order valence-corrected chi connectivity index (χ4v) is 8.05. The molecule has 32 nitrogen and oxygen atoms in total. The zero-order valence-electron chi connectivity index (χ0n) is 48.2. The quantitative estimate of drug-likeness (QED) is 0.0166. The molecule has 0 unspecified atom stereocenters. The second-order valence-corrected chi connectivity index (χ2v) is 20.7. The highest BCUT2D eigenvalue weighted by Gasteiger charge is 2.37. The highest BCUT2D eigenvalue weighted by molar-refractivity contribution is 5.99. The van der Waals surface area contributed by atoms with Crippen molar-refractivity contribution in [2.24, 2.45) is 51.4 Å². The molecule has 0 heterocycles. The monoisotopic (exact) mass is 1190 g/mol. The van der Waals surface area contributed by atoms with E-state index in [1.807, 2.05) is 0 Å². The van der Waals surface area contributed by atoms with Crippen LogP contribution in [0.2, 0.25) is 0 Å². The summed E-state index contributed by atoms with van der Waals surface area (Å²) in [6, 6.07) is -8.46. The third kappa shape index (κ3) is 26.5. The van der Waals surface area contributed by atoms with Gasteiger partial charge in [0.25, 0.3) is 0 Å². The lowest BCUT2D eigenvalue weighted by atomic mass is 9.92. The van der Waals surface area contributed by atoms with Crippen LogP contribution in [0.15, 0.2) is 29.3 Å². The lowest BCUT2D eigenvalue weighted by Gasteiger charge is -2.30. The van der Waals surface area contributed by atoms with Gasteiger partial charge in [0.2, 0.25) is 65.0 Å². The van der Waals surface area contributed by atoms with Crippen LogP contribution in [0.4, 0.5) is 0 Å². The smallest absolute Gasteiger partial charge is 0.326 e. The Morgan fingerprint density at radius 1 is 0.548 bits per heavy atom. The summed E-state index contributed by atoms with van der Waals surface area (Å²) in [4.78, 5) is 174. The summed E-state index contributed by atoms with van der Waals surface area (Å²) in [5.41, 5.74) is 27.6. The molecule has 11 amide bonds. The third-order valence-corrected chi connectivity index (χ3v) is 13.3. The number of nitrogens with zero attached hydrogens (tertiary/aromatic N) is 1. The first-order chi connectivity index (χ1) is 39.3. The standard InChI is InChI=1S/C52H85N15O17/c1-8-25(5)40(65-38(72)22-59-48(80)42(67-43(75)30(53)20-39(73)74)27(7)28-12-14-29(69)15-13-28)49(81)62-33(19-24(3)4)45(77)60-31(16-17-36(54)70)44(76)66-41(26(6)9-2)50(82)63-34(21-37(55)71)46(78)64-35(23-68)47(79)61-32(51(83)84)11-10-18-58-52(56)57/h12-15,24-27,30-35,40-42,68-69H,8-11,16-23,53H2,1-7H3,(H2,54,70)(H2,55,71)(H,59,80)(H,60,77)(H,61,79)(H,62,81)(H,63,82)(H,64,78)(H,65,72)(H,66,76)(H,67,75)(H,73,74)(H,83,84)(H4,56,57,58)/t25-,26-,27+,30-,31-,32-,33-,34-,35-,40-,41-,42-/m0/s1. The van der Waals surface area contributed by atoms with Gasteiger partial charge in [0.1, 0.15) is 54.1 Å². The number of amides is 11. The summed E-state index contributed by atoms with van der Waals surface area (Å²) in [6.07, 6.45) is -2.18. The molecule has 1 aromatic carbocycles. The summed E-state index contributed by atoms with van der Waals surface area (Å²) >= 11 is 0. The minimum atomic E-state index is -1.85. The Bertz CT molecular complexity index is 2490. The van der Waals surface area contributed by atoms with Crippen LogP contribution in [0, 0.1) is 17.8 Å². The Labute approximate surface area is 485 Å². The molecule has 470 valence electrons. The molecule has 0 spiro atoms. The highest BCUT2D eigenvalue weighted by Crippen LogP contribution is 2.23. The van der Waals surface area contributed by atoms with E-state index in [1.165, 1.54) is 31.2 Å². The van der Waals surface area contributed by atoms with Crippen LogP contribution in [-0.2, 0) is 62.3 Å². The molecule has 32 heteroatoms. The van der Waals surface area contributed by atoms with Crippen molar-refractivity contribution in [1.29, 1.82) is 0 Å². The minimum absolute atomic E-state index is 0.0200. The Morgan fingerprint density at radius 2 is 1.04 bits per heavy atom. The molecule has 0 radical (unpaired) electrons. The van der Waals surface area contributed by atoms with Crippen LogP contribution in [-0.4, -0.2) is 177 Å². The van der Waals surface area contributed by atoms with E-state index in [2.05, 4.69) is 52.8 Å². The molecule has 12 atom stereocenters. The van der Waals surface area contributed by atoms with Gasteiger partial charge in [0.05, 0.1) is 32.0 Å². The predicted molar refractivity (Wildman–Crippen MR) is 300 cm³/mol. The number of hydrogen-bond donors (Lipinski definition) is 18. The third-order valence-electron chi connectivity index (χ3n) is 13.3. The number of nitrogens with two attached hydrogens (primary N) is 5. The number of carbonyl (C=O) groups is 13. The van der Waals surface area contributed by atoms with Gasteiger partial charge in [-0.2, -0.15) is 0 Å². The van der Waals surface area contributed by atoms with Crippen molar-refractivity contribution in [2.45, 2.75) is 167 Å². The Hall–Kier alpha value is -8.68. The lowest BCUT2D eigenvalue weighted by molar-refractivity contribution is -0.143. The van der Waals surface area contributed by atoms with Crippen LogP contribution >= 0.6 is 0 Å². The number of carboxylic acid groups (broad SMARTS) is 2. The topological polar surface area (TPSA) is 554 Å². The molecule has 0 saturated heterocycles. The zero-order chi connectivity index (χ0) is 64.1. The van der Waals surface area contributed by atoms with Crippen LogP contribution < -0.4 is 76.5 Å². The Morgan fingerprint density at radius 3 is 1.54 bits per heavy atom. The predicted octanol–water partition coefficient (Wildman–Crippen LogP) is -5.30. The number of aliphatic imine (C=N–C) groups is 1. The first-order valence-corrected chi connectivity index (χ1v) is 27.2. The van der Waals surface area contributed by atoms with Gasteiger partial charge in [0, 0.05) is 18.9 Å². The van der Waals surface area contributed by atoms with Crippen LogP contribution in [0.1, 0.15) is 118 Å². The molecule has 23 N–H and O–H groups in total. The van der Waals surface area contributed by atoms with Gasteiger partial charge in [-0.25, -0.2) is 4.79 Å².